The summed E-state index contributed by atoms with van der Waals surface area (Å²) in [6, 6.07) is 2.50. The summed E-state index contributed by atoms with van der Waals surface area (Å²) in [7, 11) is 0. The van der Waals surface area contributed by atoms with Gasteiger partial charge in [0.2, 0.25) is 0 Å². The third kappa shape index (κ3) is 9.04. The molecule has 1 aromatic carbocycles. The van der Waals surface area contributed by atoms with Crippen LogP contribution in [-0.4, -0.2) is 103 Å². The molecule has 51 heavy (non-hydrogen) atoms. The number of anilines is 1. The Hall–Kier alpha value is -2.41. The second kappa shape index (κ2) is 18.1. The number of nitrogens with two attached hydrogens (primary N) is 1. The van der Waals surface area contributed by atoms with E-state index in [1.54, 1.807) is 6.07 Å². The number of carbonyl (C=O) groups is 4. The molecular formula is C27H26N9Na3O9S3. The molecule has 3 aromatic heterocycles. The summed E-state index contributed by atoms with van der Waals surface area (Å²) in [5, 5.41) is 54.8. The molecule has 1 fully saturated rings. The molecule has 1 saturated heterocycles. The fourth-order valence-corrected chi connectivity index (χ4v) is 7.98. The van der Waals surface area contributed by atoms with Crippen molar-refractivity contribution in [2.45, 2.75) is 30.0 Å². The number of thiazole rings is 1. The topological polar surface area (TPSA) is 268 Å². The number of carbonyl (C=O) groups excluding carboxylic acids is 2. The molecule has 24 heteroatoms. The van der Waals surface area contributed by atoms with Gasteiger partial charge in [0.15, 0.2) is 28.0 Å². The number of oxime groups is 1. The second-order valence-corrected chi connectivity index (χ2v) is 13.2. The van der Waals surface area contributed by atoms with Crippen molar-refractivity contribution < 1.29 is 137 Å². The Morgan fingerprint density at radius 3 is 2.53 bits per heavy atom. The molecule has 2 amide bonds. The Morgan fingerprint density at radius 1 is 1.14 bits per heavy atom. The minimum atomic E-state index is -1.41. The zero-order valence-electron chi connectivity index (χ0n) is 30.4. The first-order valence-electron chi connectivity index (χ1n) is 13.6. The van der Waals surface area contributed by atoms with E-state index in [9.17, 15) is 39.6 Å². The number of phenolic OH excluding ortho intramolecular Hbond substituents is 2. The van der Waals surface area contributed by atoms with E-state index >= 15 is 0 Å². The van der Waals surface area contributed by atoms with E-state index < -0.39 is 59.0 Å². The van der Waals surface area contributed by atoms with Gasteiger partial charge in [0.05, 0.1) is 11.8 Å². The van der Waals surface area contributed by atoms with Crippen LogP contribution < -0.4 is 99.7 Å². The maximum absolute atomic E-state index is 13.4. The molecule has 2 aliphatic rings. The number of nitrogens with zero attached hydrogens (tertiary/aromatic N) is 7. The fraction of sp³-hybridized carbons (Fsp3) is 0.222. The Bertz CT molecular complexity index is 2100. The first-order chi connectivity index (χ1) is 22.9. The number of thioether (sulfide) groups is 2. The average Bonchev–Trinajstić information content (AvgIpc) is 3.70. The Morgan fingerprint density at radius 2 is 1.86 bits per heavy atom. The van der Waals surface area contributed by atoms with Crippen LogP contribution in [0.1, 0.15) is 31.6 Å². The number of aromatic hydroxyl groups is 2. The van der Waals surface area contributed by atoms with E-state index in [1.807, 2.05) is 6.92 Å². The summed E-state index contributed by atoms with van der Waals surface area (Å²) in [6.45, 7) is 1.28. The molecule has 6 rings (SSSR count). The number of rotatable bonds is 11. The molecule has 254 valence electrons. The SMILES string of the molecule is Cc1cc(SCC2=C(C(=O)O)N3C(=O)[C@@H](NC(=O)/C(=N\OCc4cc(O)c(O)cc4C(=O)O)c4csc(N)n4)[C@H]3SC2)n2nncc2n1.[H-].[H-].[H-].[Na+].[Na+].[Na+]. The number of nitrogens with one attached hydrogen (secondary N) is 1. The van der Waals surface area contributed by atoms with E-state index in [-0.39, 0.29) is 132 Å². The smallest absolute Gasteiger partial charge is 1.00 e. The average molecular weight is 786 g/mol. The van der Waals surface area contributed by atoms with Crippen LogP contribution in [0.2, 0.25) is 0 Å². The minimum absolute atomic E-state index is 0. The van der Waals surface area contributed by atoms with Crippen molar-refractivity contribution in [2.75, 3.05) is 17.2 Å². The van der Waals surface area contributed by atoms with Crippen LogP contribution in [0.4, 0.5) is 5.13 Å². The summed E-state index contributed by atoms with van der Waals surface area (Å²) in [4.78, 5) is 65.6. The van der Waals surface area contributed by atoms with Gasteiger partial charge >= 0.3 is 101 Å². The van der Waals surface area contributed by atoms with E-state index in [4.69, 9.17) is 10.6 Å². The number of fused-ring (bicyclic) bond motifs is 2. The van der Waals surface area contributed by atoms with E-state index in [0.717, 1.165) is 34.1 Å². The van der Waals surface area contributed by atoms with Crippen LogP contribution in [0.25, 0.3) is 5.65 Å². The quantitative estimate of drug-likeness (QED) is 0.0157. The minimum Gasteiger partial charge on any atom is -1.00 e. The molecular weight excluding hydrogens is 760 g/mol. The van der Waals surface area contributed by atoms with Crippen molar-refractivity contribution in [1.29, 1.82) is 0 Å². The fourth-order valence-electron chi connectivity index (χ4n) is 4.89. The van der Waals surface area contributed by atoms with Crippen molar-refractivity contribution in [3.63, 3.8) is 0 Å². The standard InChI is InChI=1S/C27H23N9O9S3.3Na.3H/c1-10-2-18(36-17(30-10)5-29-34-36)46-7-12-8-47-24-20(23(40)35(24)21(12)26(43)44)32-22(39)19(14-9-48-27(28)31-14)33-45-6-11-3-15(37)16(38)4-13(11)25(41)42;;;;;;/h2-5,9,20,24,37-38H,6-8H2,1H3,(H2,28,31)(H,32,39)(H,41,42)(H,43,44);;;;;;/q;3*+1;3*-1/b33-19-;;;;;;/t20-,24-;;;;;;/m1....../s1. The number of β-lactam (4-membered cyclic amide) rings is 1. The van der Waals surface area contributed by atoms with Crippen molar-refractivity contribution in [3.8, 4) is 11.5 Å². The molecule has 18 nitrogen and oxygen atoms in total. The van der Waals surface area contributed by atoms with Crippen LogP contribution in [0.5, 0.6) is 11.5 Å². The van der Waals surface area contributed by atoms with Crippen molar-refractivity contribution in [3.05, 3.63) is 63.6 Å². The molecule has 0 bridgehead atoms. The van der Waals surface area contributed by atoms with Gasteiger partial charge in [-0.15, -0.1) is 40.0 Å². The monoisotopic (exact) mass is 785 g/mol. The number of aromatic nitrogens is 5. The molecule has 0 spiro atoms. The summed E-state index contributed by atoms with van der Waals surface area (Å²) in [5.74, 6) is -4.99. The van der Waals surface area contributed by atoms with Gasteiger partial charge in [0.1, 0.15) is 34.4 Å². The van der Waals surface area contributed by atoms with Gasteiger partial charge in [0.25, 0.3) is 11.8 Å². The second-order valence-electron chi connectivity index (χ2n) is 10.2. The zero-order valence-corrected chi connectivity index (χ0v) is 35.9. The summed E-state index contributed by atoms with van der Waals surface area (Å²) in [6.07, 6.45) is 1.51. The van der Waals surface area contributed by atoms with Crippen LogP contribution >= 0.6 is 34.9 Å². The van der Waals surface area contributed by atoms with Crippen LogP contribution in [0.15, 0.2) is 51.2 Å². The third-order valence-electron chi connectivity index (χ3n) is 7.08. The number of hydrogen-bond acceptors (Lipinski definition) is 16. The number of carboxylic acids is 2. The van der Waals surface area contributed by atoms with Crippen LogP contribution in [0, 0.1) is 6.92 Å². The molecule has 0 saturated carbocycles. The number of hydrogen-bond donors (Lipinski definition) is 6. The van der Waals surface area contributed by atoms with Crippen LogP contribution in [0.3, 0.4) is 0 Å². The summed E-state index contributed by atoms with van der Waals surface area (Å²) >= 11 is 3.60. The van der Waals surface area contributed by atoms with Crippen LogP contribution in [-0.2, 0) is 25.8 Å². The molecule has 7 N–H and O–H groups in total. The first-order valence-corrected chi connectivity index (χ1v) is 16.6. The third-order valence-corrected chi connectivity index (χ3v) is 10.2. The van der Waals surface area contributed by atoms with E-state index in [1.165, 1.54) is 39.6 Å². The molecule has 5 heterocycles. The van der Waals surface area contributed by atoms with Gasteiger partial charge in [-0.25, -0.2) is 19.6 Å². The molecule has 2 aliphatic heterocycles. The van der Waals surface area contributed by atoms with Crippen molar-refractivity contribution in [2.24, 2.45) is 5.16 Å². The summed E-state index contributed by atoms with van der Waals surface area (Å²) < 4.78 is 1.54. The number of aryl methyl sites for hydroxylation is 1. The number of aliphatic carboxylic acids is 1. The molecule has 0 radical (unpaired) electrons. The molecule has 0 aliphatic carbocycles. The summed E-state index contributed by atoms with van der Waals surface area (Å²) in [5.41, 5.74) is 6.52. The van der Waals surface area contributed by atoms with Crippen molar-refractivity contribution in [1.82, 2.24) is 35.0 Å². The number of aromatic carboxylic acids is 1. The van der Waals surface area contributed by atoms with Gasteiger partial charge in [-0.3, -0.25) is 14.5 Å². The number of amides is 2. The Kier molecular flexibility index (Phi) is 15.2. The number of benzene rings is 1. The van der Waals surface area contributed by atoms with Crippen molar-refractivity contribution >= 4 is 75.1 Å². The van der Waals surface area contributed by atoms with Gasteiger partial charge in [-0.2, -0.15) is 4.52 Å². The van der Waals surface area contributed by atoms with E-state index in [2.05, 4.69) is 30.8 Å². The van der Waals surface area contributed by atoms with Gasteiger partial charge in [-0.1, -0.05) is 10.4 Å². The van der Waals surface area contributed by atoms with Gasteiger partial charge < -0.3 is 40.6 Å². The normalized spacial score (nSPS) is 16.6. The maximum atomic E-state index is 13.4. The van der Waals surface area contributed by atoms with Gasteiger partial charge in [-0.05, 0) is 30.7 Å². The predicted octanol–water partition coefficient (Wildman–Crippen LogP) is -7.62. The Balaban J connectivity index is 0.00000468. The number of nitrogen functional groups attached to an aromatic ring is 1. The molecule has 4 aromatic rings. The molecule has 0 unspecified atom stereocenters. The molecule has 2 atom stereocenters. The largest absolute Gasteiger partial charge is 1.00 e. The first kappa shape index (κ1) is 43.0. The Labute approximate surface area is 371 Å². The number of phenols is 2. The zero-order chi connectivity index (χ0) is 34.3. The number of carboxylic acid groups (broad SMARTS) is 2. The predicted molar refractivity (Wildman–Crippen MR) is 174 cm³/mol. The maximum Gasteiger partial charge on any atom is 1.00 e. The van der Waals surface area contributed by atoms with Gasteiger partial charge in [0, 0.05) is 28.1 Å². The van der Waals surface area contributed by atoms with E-state index in [0.29, 0.717) is 16.2 Å².